The van der Waals surface area contributed by atoms with Gasteiger partial charge in [0, 0.05) is 18.1 Å². The Hall–Kier alpha value is 0.500. The molecule has 0 spiro atoms. The second-order valence-corrected chi connectivity index (χ2v) is 5.69. The van der Waals surface area contributed by atoms with Crippen molar-refractivity contribution in [3.63, 3.8) is 0 Å². The minimum atomic E-state index is 0. The van der Waals surface area contributed by atoms with E-state index in [0.29, 0.717) is 12.1 Å². The predicted octanol–water partition coefficient (Wildman–Crippen LogP) is 3.75. The molecule has 0 unspecified atom stereocenters. The van der Waals surface area contributed by atoms with Gasteiger partial charge in [0.05, 0.1) is 0 Å². The lowest BCUT2D eigenvalue weighted by Crippen LogP contribution is -2.53. The molecule has 2 nitrogen and oxygen atoms in total. The van der Waals surface area contributed by atoms with Crippen LogP contribution in [0.1, 0.15) is 64.7 Å². The first-order valence-electron chi connectivity index (χ1n) is 7.34. The molecule has 0 bridgehead atoms. The topological polar surface area (TPSA) is 29.3 Å². The SMILES string of the molecule is CCCN(C1CCCC1)[C@@H]1CCCC[C@H]1N.Cl.Cl. The third-order valence-electron chi connectivity index (χ3n) is 4.48. The number of rotatable bonds is 4. The highest BCUT2D eigenvalue weighted by atomic mass is 35.5. The van der Waals surface area contributed by atoms with Gasteiger partial charge in [-0.2, -0.15) is 0 Å². The lowest BCUT2D eigenvalue weighted by Gasteiger charge is -2.41. The molecule has 4 heteroatoms. The highest BCUT2D eigenvalue weighted by Gasteiger charge is 2.32. The quantitative estimate of drug-likeness (QED) is 0.856. The predicted molar refractivity (Wildman–Crippen MR) is 84.0 cm³/mol. The fourth-order valence-electron chi connectivity index (χ4n) is 3.67. The molecule has 2 saturated carbocycles. The van der Waals surface area contributed by atoms with Gasteiger partial charge in [-0.25, -0.2) is 0 Å². The zero-order valence-corrected chi connectivity index (χ0v) is 13.3. The van der Waals surface area contributed by atoms with Crippen molar-refractivity contribution in [1.29, 1.82) is 0 Å². The lowest BCUT2D eigenvalue weighted by molar-refractivity contribution is 0.0915. The van der Waals surface area contributed by atoms with Crippen molar-refractivity contribution < 1.29 is 0 Å². The van der Waals surface area contributed by atoms with Crippen LogP contribution in [0.3, 0.4) is 0 Å². The van der Waals surface area contributed by atoms with Crippen molar-refractivity contribution in [1.82, 2.24) is 4.90 Å². The van der Waals surface area contributed by atoms with Crippen LogP contribution in [0.5, 0.6) is 0 Å². The van der Waals surface area contributed by atoms with Gasteiger partial charge in [-0.15, -0.1) is 24.8 Å². The van der Waals surface area contributed by atoms with Crippen LogP contribution in [-0.2, 0) is 0 Å². The third-order valence-corrected chi connectivity index (χ3v) is 4.48. The molecule has 2 fully saturated rings. The molecule has 0 saturated heterocycles. The average molecular weight is 297 g/mol. The van der Waals surface area contributed by atoms with Crippen molar-refractivity contribution in [3.8, 4) is 0 Å². The Morgan fingerprint density at radius 2 is 1.50 bits per heavy atom. The molecule has 0 amide bonds. The second kappa shape index (κ2) is 9.41. The molecule has 0 heterocycles. The van der Waals surface area contributed by atoms with Gasteiger partial charge < -0.3 is 5.73 Å². The first-order chi connectivity index (χ1) is 7.83. The van der Waals surface area contributed by atoms with Gasteiger partial charge in [-0.05, 0) is 38.6 Å². The van der Waals surface area contributed by atoms with E-state index in [1.807, 2.05) is 0 Å². The van der Waals surface area contributed by atoms with Crippen LogP contribution in [-0.4, -0.2) is 29.6 Å². The Morgan fingerprint density at radius 1 is 0.944 bits per heavy atom. The summed E-state index contributed by atoms with van der Waals surface area (Å²) in [7, 11) is 0. The van der Waals surface area contributed by atoms with E-state index in [-0.39, 0.29) is 24.8 Å². The molecule has 18 heavy (non-hydrogen) atoms. The second-order valence-electron chi connectivity index (χ2n) is 5.69. The van der Waals surface area contributed by atoms with E-state index in [4.69, 9.17) is 5.73 Å². The Labute approximate surface area is 125 Å². The number of nitrogens with two attached hydrogens (primary N) is 1. The molecular weight excluding hydrogens is 267 g/mol. The summed E-state index contributed by atoms with van der Waals surface area (Å²) in [5.41, 5.74) is 6.34. The van der Waals surface area contributed by atoms with Gasteiger partial charge in [0.1, 0.15) is 0 Å². The minimum absolute atomic E-state index is 0. The van der Waals surface area contributed by atoms with Crippen LogP contribution in [0.15, 0.2) is 0 Å². The first kappa shape index (κ1) is 18.5. The zero-order valence-electron chi connectivity index (χ0n) is 11.6. The van der Waals surface area contributed by atoms with E-state index in [1.165, 1.54) is 64.3 Å². The summed E-state index contributed by atoms with van der Waals surface area (Å²) in [6, 6.07) is 1.99. The van der Waals surface area contributed by atoms with Crippen LogP contribution in [0.4, 0.5) is 0 Å². The van der Waals surface area contributed by atoms with E-state index in [2.05, 4.69) is 11.8 Å². The van der Waals surface area contributed by atoms with E-state index >= 15 is 0 Å². The van der Waals surface area contributed by atoms with Gasteiger partial charge >= 0.3 is 0 Å². The van der Waals surface area contributed by atoms with E-state index < -0.39 is 0 Å². The van der Waals surface area contributed by atoms with E-state index in [9.17, 15) is 0 Å². The molecule has 0 aliphatic heterocycles. The van der Waals surface area contributed by atoms with Gasteiger partial charge in [-0.1, -0.05) is 32.6 Å². The Bertz CT molecular complexity index is 208. The Morgan fingerprint density at radius 3 is 2.06 bits per heavy atom. The van der Waals surface area contributed by atoms with Crippen molar-refractivity contribution >= 4 is 24.8 Å². The Balaban J connectivity index is 0.00000144. The van der Waals surface area contributed by atoms with E-state index in [0.717, 1.165) is 6.04 Å². The number of hydrogen-bond acceptors (Lipinski definition) is 2. The summed E-state index contributed by atoms with van der Waals surface area (Å²) in [6.07, 6.45) is 12.3. The minimum Gasteiger partial charge on any atom is -0.326 e. The average Bonchev–Trinajstić information content (AvgIpc) is 2.80. The fraction of sp³-hybridized carbons (Fsp3) is 1.00. The maximum Gasteiger partial charge on any atom is 0.0250 e. The lowest BCUT2D eigenvalue weighted by atomic mass is 9.88. The van der Waals surface area contributed by atoms with E-state index in [1.54, 1.807) is 0 Å². The summed E-state index contributed by atoms with van der Waals surface area (Å²) in [6.45, 7) is 3.57. The highest BCUT2D eigenvalue weighted by molar-refractivity contribution is 5.85. The molecule has 2 aliphatic rings. The summed E-state index contributed by atoms with van der Waals surface area (Å²) >= 11 is 0. The largest absolute Gasteiger partial charge is 0.326 e. The highest BCUT2D eigenvalue weighted by Crippen LogP contribution is 2.30. The molecular formula is C14H30Cl2N2. The molecule has 2 aliphatic carbocycles. The van der Waals surface area contributed by atoms with Crippen LogP contribution in [0, 0.1) is 0 Å². The van der Waals surface area contributed by atoms with Gasteiger partial charge in [0.2, 0.25) is 0 Å². The molecule has 0 aromatic rings. The third kappa shape index (κ3) is 4.56. The van der Waals surface area contributed by atoms with Crippen molar-refractivity contribution in [2.24, 2.45) is 5.73 Å². The molecule has 2 rings (SSSR count). The fourth-order valence-corrected chi connectivity index (χ4v) is 3.67. The molecule has 0 aromatic carbocycles. The van der Waals surface area contributed by atoms with Gasteiger partial charge in [0.25, 0.3) is 0 Å². The smallest absolute Gasteiger partial charge is 0.0250 e. The summed E-state index contributed by atoms with van der Waals surface area (Å²) in [4.78, 5) is 2.77. The maximum atomic E-state index is 6.34. The number of halogens is 2. The monoisotopic (exact) mass is 296 g/mol. The molecule has 0 radical (unpaired) electrons. The van der Waals surface area contributed by atoms with Gasteiger partial charge in [-0.3, -0.25) is 4.90 Å². The van der Waals surface area contributed by atoms with Crippen LogP contribution in [0.2, 0.25) is 0 Å². The summed E-state index contributed by atoms with van der Waals surface area (Å²) < 4.78 is 0. The summed E-state index contributed by atoms with van der Waals surface area (Å²) in [5, 5.41) is 0. The van der Waals surface area contributed by atoms with Crippen LogP contribution >= 0.6 is 24.8 Å². The van der Waals surface area contributed by atoms with Crippen molar-refractivity contribution in [3.05, 3.63) is 0 Å². The van der Waals surface area contributed by atoms with Crippen LogP contribution < -0.4 is 5.73 Å². The number of hydrogen-bond donors (Lipinski definition) is 1. The maximum absolute atomic E-state index is 6.34. The van der Waals surface area contributed by atoms with Crippen molar-refractivity contribution in [2.75, 3.05) is 6.54 Å². The number of nitrogens with zero attached hydrogens (tertiary/aromatic N) is 1. The summed E-state index contributed by atoms with van der Waals surface area (Å²) in [5.74, 6) is 0. The van der Waals surface area contributed by atoms with Gasteiger partial charge in [0.15, 0.2) is 0 Å². The molecule has 2 atom stereocenters. The molecule has 2 N–H and O–H groups in total. The molecule has 0 aromatic heterocycles. The van der Waals surface area contributed by atoms with Crippen molar-refractivity contribution in [2.45, 2.75) is 82.8 Å². The Kier molecular flexibility index (Phi) is 9.67. The van der Waals surface area contributed by atoms with Crippen LogP contribution in [0.25, 0.3) is 0 Å². The normalized spacial score (nSPS) is 28.8. The zero-order chi connectivity index (χ0) is 11.4. The molecule has 110 valence electrons. The standard InChI is InChI=1S/C14H28N2.2ClH/c1-2-11-16(12-7-3-4-8-12)14-10-6-5-9-13(14)15;;/h12-14H,2-11,15H2,1H3;2*1H/t13-,14-;;/m1../s1. The first-order valence-corrected chi connectivity index (χ1v) is 7.34.